The molecule has 0 aliphatic rings. The Morgan fingerprint density at radius 3 is 2.88 bits per heavy atom. The fourth-order valence-corrected chi connectivity index (χ4v) is 2.36. The van der Waals surface area contributed by atoms with Gasteiger partial charge in [-0.15, -0.1) is 0 Å². The molecule has 0 radical (unpaired) electrons. The second kappa shape index (κ2) is 5.58. The van der Waals surface area contributed by atoms with Crippen molar-refractivity contribution in [2.75, 3.05) is 18.6 Å². The van der Waals surface area contributed by atoms with Gasteiger partial charge in [0.05, 0.1) is 16.3 Å². The zero-order valence-electron chi connectivity index (χ0n) is 9.80. The highest BCUT2D eigenvalue weighted by molar-refractivity contribution is 7.99. The molecule has 1 aromatic rings. The lowest BCUT2D eigenvalue weighted by Crippen LogP contribution is -2.31. The standard InChI is InChI=1S/C11H16N2O3S/c1-3-16-11(14)13-17(2,15)8-9-5-4-6-10(12)7-9/h4-8H,3,12H2,1-2H3,(H,13,14,15). The lowest BCUT2D eigenvalue weighted by molar-refractivity contribution is 0.159. The highest BCUT2D eigenvalue weighted by Gasteiger charge is 2.06. The molecule has 94 valence electrons. The van der Waals surface area contributed by atoms with Gasteiger partial charge in [0, 0.05) is 17.3 Å². The van der Waals surface area contributed by atoms with E-state index in [2.05, 4.69) is 9.46 Å². The highest BCUT2D eigenvalue weighted by Crippen LogP contribution is 2.04. The van der Waals surface area contributed by atoms with Crippen LogP contribution in [0.25, 0.3) is 0 Å². The third-order valence-electron chi connectivity index (χ3n) is 1.83. The van der Waals surface area contributed by atoms with Gasteiger partial charge in [0.2, 0.25) is 0 Å². The second-order valence-electron chi connectivity index (χ2n) is 3.51. The van der Waals surface area contributed by atoms with E-state index in [9.17, 15) is 9.00 Å². The molecule has 1 atom stereocenters. The van der Waals surface area contributed by atoms with Gasteiger partial charge in [-0.1, -0.05) is 12.1 Å². The molecule has 17 heavy (non-hydrogen) atoms. The first-order valence-electron chi connectivity index (χ1n) is 5.07. The van der Waals surface area contributed by atoms with Gasteiger partial charge in [-0.3, -0.25) is 0 Å². The molecule has 6 heteroatoms. The summed E-state index contributed by atoms with van der Waals surface area (Å²) in [4.78, 5) is 11.2. The maximum Gasteiger partial charge on any atom is 0.418 e. The van der Waals surface area contributed by atoms with E-state index in [4.69, 9.17) is 5.73 Å². The number of nitrogen functional groups attached to an aromatic ring is 1. The van der Waals surface area contributed by atoms with E-state index in [1.54, 1.807) is 31.2 Å². The molecule has 3 N–H and O–H groups in total. The largest absolute Gasteiger partial charge is 0.449 e. The first-order chi connectivity index (χ1) is 7.93. The fraction of sp³-hybridized carbons (Fsp3) is 0.273. The van der Waals surface area contributed by atoms with Crippen molar-refractivity contribution in [3.63, 3.8) is 0 Å². The predicted octanol–water partition coefficient (Wildman–Crippen LogP) is 0.994. The summed E-state index contributed by atoms with van der Waals surface area (Å²) in [7, 11) is -2.63. The van der Waals surface area contributed by atoms with Crippen molar-refractivity contribution in [2.45, 2.75) is 6.92 Å². The first-order valence-corrected chi connectivity index (χ1v) is 7.10. The van der Waals surface area contributed by atoms with Crippen LogP contribution in [0.15, 0.2) is 24.3 Å². The van der Waals surface area contributed by atoms with Crippen molar-refractivity contribution < 1.29 is 13.7 Å². The summed E-state index contributed by atoms with van der Waals surface area (Å²) in [6, 6.07) is 6.91. The molecule has 1 unspecified atom stereocenters. The average molecular weight is 256 g/mol. The summed E-state index contributed by atoms with van der Waals surface area (Å²) < 4.78 is 19.0. The molecule has 5 nitrogen and oxygen atoms in total. The van der Waals surface area contributed by atoms with Gasteiger partial charge in [0.15, 0.2) is 0 Å². The number of amides is 1. The smallest absolute Gasteiger partial charge is 0.418 e. The van der Waals surface area contributed by atoms with Crippen molar-refractivity contribution in [3.8, 4) is 0 Å². The molecule has 0 fully saturated rings. The van der Waals surface area contributed by atoms with Crippen LogP contribution >= 0.6 is 0 Å². The summed E-state index contributed by atoms with van der Waals surface area (Å²) in [5.74, 6) is 0. The van der Waals surface area contributed by atoms with Crippen LogP contribution in [0.4, 0.5) is 10.5 Å². The molecule has 0 aromatic heterocycles. The van der Waals surface area contributed by atoms with E-state index in [-0.39, 0.29) is 6.61 Å². The lowest BCUT2D eigenvalue weighted by Gasteiger charge is -2.08. The quantitative estimate of drug-likeness (QED) is 0.624. The second-order valence-corrected chi connectivity index (χ2v) is 5.76. The number of carbonyl (C=O) groups is 1. The topological polar surface area (TPSA) is 81.4 Å². The number of nitrogens with two attached hydrogens (primary N) is 1. The minimum absolute atomic E-state index is 0.236. The van der Waals surface area contributed by atoms with Gasteiger partial charge in [-0.25, -0.2) is 13.7 Å². The number of hydrogen-bond acceptors (Lipinski definition) is 4. The van der Waals surface area contributed by atoms with Gasteiger partial charge in [0.25, 0.3) is 0 Å². The number of rotatable bonds is 3. The zero-order valence-corrected chi connectivity index (χ0v) is 10.6. The van der Waals surface area contributed by atoms with E-state index in [0.717, 1.165) is 0 Å². The first kappa shape index (κ1) is 13.4. The molecular formula is C11H16N2O3S. The Balaban J connectivity index is 2.90. The van der Waals surface area contributed by atoms with Gasteiger partial charge in [-0.05, 0) is 24.6 Å². The molecule has 1 aromatic carbocycles. The number of nitrogens with one attached hydrogen (secondary N) is 1. The van der Waals surface area contributed by atoms with Crippen molar-refractivity contribution in [3.05, 3.63) is 29.8 Å². The van der Waals surface area contributed by atoms with Gasteiger partial charge in [0.1, 0.15) is 0 Å². The summed E-state index contributed by atoms with van der Waals surface area (Å²) in [5.41, 5.74) is 6.86. The van der Waals surface area contributed by atoms with Crippen molar-refractivity contribution in [1.82, 2.24) is 4.72 Å². The van der Waals surface area contributed by atoms with E-state index in [0.29, 0.717) is 11.3 Å². The molecule has 0 bridgehead atoms. The third-order valence-corrected chi connectivity index (χ3v) is 3.13. The minimum Gasteiger partial charge on any atom is -0.449 e. The Labute approximate surface area is 101 Å². The molecule has 1 rings (SSSR count). The minimum atomic E-state index is -2.63. The Hall–Kier alpha value is -1.69. The maximum atomic E-state index is 12.0. The molecule has 0 aliphatic carbocycles. The molecule has 0 saturated heterocycles. The van der Waals surface area contributed by atoms with Gasteiger partial charge < -0.3 is 10.5 Å². The van der Waals surface area contributed by atoms with Crippen LogP contribution in [0.1, 0.15) is 12.5 Å². The van der Waals surface area contributed by atoms with Crippen LogP contribution < -0.4 is 10.5 Å². The Morgan fingerprint density at radius 2 is 2.29 bits per heavy atom. The number of ether oxygens (including phenoxy) is 1. The van der Waals surface area contributed by atoms with E-state index in [1.165, 1.54) is 11.6 Å². The average Bonchev–Trinajstić information content (AvgIpc) is 2.15. The summed E-state index contributed by atoms with van der Waals surface area (Å²) in [5, 5.41) is 1.46. The Morgan fingerprint density at radius 1 is 1.59 bits per heavy atom. The van der Waals surface area contributed by atoms with Crippen LogP contribution in [0.2, 0.25) is 0 Å². The van der Waals surface area contributed by atoms with Crippen LogP contribution in [-0.4, -0.2) is 28.5 Å². The highest BCUT2D eigenvalue weighted by atomic mass is 32.2. The van der Waals surface area contributed by atoms with E-state index < -0.39 is 15.8 Å². The fourth-order valence-electron chi connectivity index (χ4n) is 1.25. The van der Waals surface area contributed by atoms with Crippen LogP contribution in [0.5, 0.6) is 0 Å². The van der Waals surface area contributed by atoms with Crippen LogP contribution in [0.3, 0.4) is 0 Å². The predicted molar refractivity (Wildman–Crippen MR) is 70.2 cm³/mol. The Bertz CT molecular complexity index is 519. The number of benzene rings is 1. The number of anilines is 1. The Kier molecular flexibility index (Phi) is 4.39. The molecule has 0 heterocycles. The van der Waals surface area contributed by atoms with Crippen molar-refractivity contribution in [2.24, 2.45) is 0 Å². The lowest BCUT2D eigenvalue weighted by atomic mass is 10.2. The van der Waals surface area contributed by atoms with E-state index >= 15 is 0 Å². The van der Waals surface area contributed by atoms with Crippen molar-refractivity contribution in [1.29, 1.82) is 0 Å². The zero-order chi connectivity index (χ0) is 12.9. The van der Waals surface area contributed by atoms with Crippen molar-refractivity contribution >= 4 is 26.9 Å². The summed E-state index contributed by atoms with van der Waals surface area (Å²) >= 11 is 0. The molecule has 0 aliphatic heterocycles. The monoisotopic (exact) mass is 256 g/mol. The third kappa shape index (κ3) is 4.78. The number of carbonyl (C=O) groups excluding carboxylic acids is 1. The molecule has 0 spiro atoms. The SMILES string of the molecule is CCOC(=O)NS(C)(=O)=Cc1cccc(N)c1. The molecular weight excluding hydrogens is 240 g/mol. The van der Waals surface area contributed by atoms with E-state index in [1.807, 2.05) is 0 Å². The summed E-state index contributed by atoms with van der Waals surface area (Å²) in [6.07, 6.45) is 0.729. The van der Waals surface area contributed by atoms with Gasteiger partial charge in [-0.2, -0.15) is 0 Å². The number of hydrogen-bond donors (Lipinski definition) is 2. The molecule has 1 amide bonds. The van der Waals surface area contributed by atoms with Crippen LogP contribution in [-0.2, 0) is 14.4 Å². The van der Waals surface area contributed by atoms with Crippen LogP contribution in [0, 0.1) is 0 Å². The summed E-state index contributed by atoms with van der Waals surface area (Å²) in [6.45, 7) is 1.91. The van der Waals surface area contributed by atoms with Gasteiger partial charge >= 0.3 is 6.09 Å². The maximum absolute atomic E-state index is 12.0. The normalized spacial score (nSPS) is 13.5. The molecule has 0 saturated carbocycles.